The summed E-state index contributed by atoms with van der Waals surface area (Å²) < 4.78 is 5.33. The van der Waals surface area contributed by atoms with E-state index in [4.69, 9.17) is 27.9 Å². The Labute approximate surface area is 177 Å². The van der Waals surface area contributed by atoms with Crippen LogP contribution in [0.5, 0.6) is 5.75 Å². The number of carbonyl (C=O) groups is 1. The number of amides is 1. The van der Waals surface area contributed by atoms with Gasteiger partial charge in [0.05, 0.1) is 18.5 Å². The van der Waals surface area contributed by atoms with E-state index < -0.39 is 0 Å². The topological polar surface area (TPSA) is 63.2 Å². The van der Waals surface area contributed by atoms with Gasteiger partial charge in [0, 0.05) is 16.6 Å². The molecule has 0 aliphatic rings. The van der Waals surface area contributed by atoms with Crippen LogP contribution in [0.2, 0.25) is 10.0 Å². The average molecular weight is 436 g/mol. The van der Waals surface area contributed by atoms with Gasteiger partial charge in [-0.2, -0.15) is 0 Å². The van der Waals surface area contributed by atoms with E-state index in [-0.39, 0.29) is 5.91 Å². The molecule has 1 aromatic heterocycles. The van der Waals surface area contributed by atoms with E-state index in [9.17, 15) is 4.79 Å². The standard InChI is InChI=1S/C20H19Cl2N3O2S/c1-11-8-13(21)9-15(22)14(11)10-23-19(26)18-12(2)24-20(28-18)25-16-6-4-5-7-17(16)27-3/h4-9H,10H2,1-3H3,(H,23,26)(H,24,25). The van der Waals surface area contributed by atoms with Gasteiger partial charge in [-0.1, -0.05) is 46.7 Å². The maximum Gasteiger partial charge on any atom is 0.263 e. The predicted molar refractivity (Wildman–Crippen MR) is 115 cm³/mol. The zero-order valence-electron chi connectivity index (χ0n) is 15.6. The van der Waals surface area contributed by atoms with Crippen molar-refractivity contribution in [3.8, 4) is 5.75 Å². The van der Waals surface area contributed by atoms with Gasteiger partial charge in [-0.3, -0.25) is 4.79 Å². The van der Waals surface area contributed by atoms with Crippen molar-refractivity contribution in [1.82, 2.24) is 10.3 Å². The number of methoxy groups -OCH3 is 1. The predicted octanol–water partition coefficient (Wildman–Crippen LogP) is 5.75. The summed E-state index contributed by atoms with van der Waals surface area (Å²) in [5, 5.41) is 7.84. The van der Waals surface area contributed by atoms with Gasteiger partial charge in [0.15, 0.2) is 5.13 Å². The molecule has 0 spiro atoms. The van der Waals surface area contributed by atoms with Crippen molar-refractivity contribution >= 4 is 51.3 Å². The first-order valence-electron chi connectivity index (χ1n) is 8.49. The molecule has 28 heavy (non-hydrogen) atoms. The molecule has 1 amide bonds. The number of anilines is 2. The summed E-state index contributed by atoms with van der Waals surface area (Å²) >= 11 is 13.5. The molecule has 5 nitrogen and oxygen atoms in total. The van der Waals surface area contributed by atoms with Gasteiger partial charge in [-0.05, 0) is 49.2 Å². The molecule has 1 heterocycles. The number of aromatic nitrogens is 1. The van der Waals surface area contributed by atoms with E-state index in [1.165, 1.54) is 11.3 Å². The molecule has 2 N–H and O–H groups in total. The highest BCUT2D eigenvalue weighted by Crippen LogP contribution is 2.31. The number of benzene rings is 2. The van der Waals surface area contributed by atoms with E-state index in [0.29, 0.717) is 38.0 Å². The minimum atomic E-state index is -0.200. The summed E-state index contributed by atoms with van der Waals surface area (Å²) in [5.41, 5.74) is 3.21. The summed E-state index contributed by atoms with van der Waals surface area (Å²) in [6.45, 7) is 4.03. The Balaban J connectivity index is 1.73. The van der Waals surface area contributed by atoms with Gasteiger partial charge in [0.2, 0.25) is 0 Å². The second-order valence-electron chi connectivity index (χ2n) is 6.12. The Morgan fingerprint density at radius 1 is 1.21 bits per heavy atom. The first-order chi connectivity index (χ1) is 13.4. The summed E-state index contributed by atoms with van der Waals surface area (Å²) in [5.74, 6) is 0.503. The van der Waals surface area contributed by atoms with Gasteiger partial charge in [0.25, 0.3) is 5.91 Å². The van der Waals surface area contributed by atoms with E-state index >= 15 is 0 Å². The summed E-state index contributed by atoms with van der Waals surface area (Å²) in [6.07, 6.45) is 0. The van der Waals surface area contributed by atoms with Crippen LogP contribution in [-0.2, 0) is 6.54 Å². The van der Waals surface area contributed by atoms with Gasteiger partial charge < -0.3 is 15.4 Å². The van der Waals surface area contributed by atoms with Crippen LogP contribution in [0.15, 0.2) is 36.4 Å². The van der Waals surface area contributed by atoms with Crippen molar-refractivity contribution in [1.29, 1.82) is 0 Å². The number of ether oxygens (including phenoxy) is 1. The Bertz CT molecular complexity index is 997. The quantitative estimate of drug-likeness (QED) is 0.517. The lowest BCUT2D eigenvalue weighted by atomic mass is 10.1. The molecule has 3 aromatic rings. The molecule has 146 valence electrons. The van der Waals surface area contributed by atoms with Crippen LogP contribution in [0.4, 0.5) is 10.8 Å². The van der Waals surface area contributed by atoms with Gasteiger partial charge in [0.1, 0.15) is 10.6 Å². The molecule has 0 aliphatic carbocycles. The number of thiazole rings is 1. The van der Waals surface area contributed by atoms with Crippen LogP contribution in [0.1, 0.15) is 26.5 Å². The molecule has 0 radical (unpaired) electrons. The van der Waals surface area contributed by atoms with Crippen molar-refractivity contribution < 1.29 is 9.53 Å². The number of nitrogens with zero attached hydrogens (tertiary/aromatic N) is 1. The summed E-state index contributed by atoms with van der Waals surface area (Å²) in [4.78, 5) is 17.6. The smallest absolute Gasteiger partial charge is 0.263 e. The fraction of sp³-hybridized carbons (Fsp3) is 0.200. The van der Waals surface area contributed by atoms with Crippen LogP contribution in [0.3, 0.4) is 0 Å². The van der Waals surface area contributed by atoms with E-state index in [2.05, 4.69) is 15.6 Å². The largest absolute Gasteiger partial charge is 0.495 e. The number of nitrogens with one attached hydrogen (secondary N) is 2. The van der Waals surface area contributed by atoms with E-state index in [1.807, 2.05) is 37.3 Å². The molecule has 3 rings (SSSR count). The van der Waals surface area contributed by atoms with Gasteiger partial charge in [-0.25, -0.2) is 4.98 Å². The molecule has 0 fully saturated rings. The Hall–Kier alpha value is -2.28. The fourth-order valence-electron chi connectivity index (χ4n) is 2.73. The first-order valence-corrected chi connectivity index (χ1v) is 10.1. The molecular weight excluding hydrogens is 417 g/mol. The molecule has 0 saturated carbocycles. The first kappa shape index (κ1) is 20.5. The molecule has 0 bridgehead atoms. The summed E-state index contributed by atoms with van der Waals surface area (Å²) in [6, 6.07) is 11.0. The zero-order valence-corrected chi connectivity index (χ0v) is 17.9. The van der Waals surface area contributed by atoms with Crippen molar-refractivity contribution in [3.05, 3.63) is 68.1 Å². The number of halogens is 2. The highest BCUT2D eigenvalue weighted by Gasteiger charge is 2.17. The van der Waals surface area contributed by atoms with Crippen LogP contribution >= 0.6 is 34.5 Å². The third-order valence-corrected chi connectivity index (χ3v) is 5.79. The number of carbonyl (C=O) groups excluding carboxylic acids is 1. The number of rotatable bonds is 6. The molecule has 0 aliphatic heterocycles. The second kappa shape index (κ2) is 8.82. The number of hydrogen-bond donors (Lipinski definition) is 2. The fourth-order valence-corrected chi connectivity index (χ4v) is 4.29. The van der Waals surface area contributed by atoms with Crippen molar-refractivity contribution in [2.45, 2.75) is 20.4 Å². The zero-order chi connectivity index (χ0) is 20.3. The maximum atomic E-state index is 12.7. The Morgan fingerprint density at radius 2 is 1.96 bits per heavy atom. The number of para-hydroxylation sites is 2. The van der Waals surface area contributed by atoms with Crippen molar-refractivity contribution in [2.24, 2.45) is 0 Å². The van der Waals surface area contributed by atoms with Crippen LogP contribution in [0.25, 0.3) is 0 Å². The lowest BCUT2D eigenvalue weighted by Gasteiger charge is -2.10. The number of aryl methyl sites for hydroxylation is 2. The monoisotopic (exact) mass is 435 g/mol. The van der Waals surface area contributed by atoms with E-state index in [1.54, 1.807) is 20.1 Å². The van der Waals surface area contributed by atoms with Crippen LogP contribution in [0, 0.1) is 13.8 Å². The molecule has 0 saturated heterocycles. The minimum absolute atomic E-state index is 0.200. The normalized spacial score (nSPS) is 10.6. The molecular formula is C20H19Cl2N3O2S. The molecule has 8 heteroatoms. The lowest BCUT2D eigenvalue weighted by molar-refractivity contribution is 0.0954. The van der Waals surface area contributed by atoms with Crippen LogP contribution < -0.4 is 15.4 Å². The third kappa shape index (κ3) is 4.58. The van der Waals surface area contributed by atoms with Gasteiger partial charge >= 0.3 is 0 Å². The maximum absolute atomic E-state index is 12.7. The second-order valence-corrected chi connectivity index (χ2v) is 7.97. The molecule has 0 unspecified atom stereocenters. The SMILES string of the molecule is COc1ccccc1Nc1nc(C)c(C(=O)NCc2c(C)cc(Cl)cc2Cl)s1. The third-order valence-electron chi connectivity index (χ3n) is 4.16. The molecule has 0 atom stereocenters. The van der Waals surface area contributed by atoms with Crippen molar-refractivity contribution in [3.63, 3.8) is 0 Å². The molecule has 2 aromatic carbocycles. The highest BCUT2D eigenvalue weighted by molar-refractivity contribution is 7.17. The van der Waals surface area contributed by atoms with E-state index in [0.717, 1.165) is 16.8 Å². The van der Waals surface area contributed by atoms with Crippen molar-refractivity contribution in [2.75, 3.05) is 12.4 Å². The number of hydrogen-bond acceptors (Lipinski definition) is 5. The average Bonchev–Trinajstić information content (AvgIpc) is 3.01. The van der Waals surface area contributed by atoms with Gasteiger partial charge in [-0.15, -0.1) is 0 Å². The van der Waals surface area contributed by atoms with Crippen LogP contribution in [-0.4, -0.2) is 18.0 Å². The lowest BCUT2D eigenvalue weighted by Crippen LogP contribution is -2.23. The Kier molecular flexibility index (Phi) is 6.44. The summed E-state index contributed by atoms with van der Waals surface area (Å²) in [7, 11) is 1.61. The highest BCUT2D eigenvalue weighted by atomic mass is 35.5. The minimum Gasteiger partial charge on any atom is -0.495 e. The Morgan fingerprint density at radius 3 is 2.68 bits per heavy atom.